The fourth-order valence-corrected chi connectivity index (χ4v) is 4.41. The summed E-state index contributed by atoms with van der Waals surface area (Å²) in [5.41, 5.74) is 3.58. The van der Waals surface area contributed by atoms with Crippen molar-refractivity contribution in [1.82, 2.24) is 5.43 Å². The first-order chi connectivity index (χ1) is 15.4. The van der Waals surface area contributed by atoms with Gasteiger partial charge in [-0.15, -0.1) is 0 Å². The van der Waals surface area contributed by atoms with E-state index < -0.39 is 10.1 Å². The molecule has 0 aliphatic rings. The highest BCUT2D eigenvalue weighted by atomic mass is 79.9. The van der Waals surface area contributed by atoms with Gasteiger partial charge in [0.15, 0.2) is 0 Å². The quantitative estimate of drug-likeness (QED) is 0.222. The molecule has 0 fully saturated rings. The van der Waals surface area contributed by atoms with Crippen molar-refractivity contribution in [1.29, 1.82) is 0 Å². The summed E-state index contributed by atoms with van der Waals surface area (Å²) in [4.78, 5) is 12.2. The minimum atomic E-state index is -3.98. The average Bonchev–Trinajstić information content (AvgIpc) is 2.80. The topological polar surface area (TPSA) is 84.8 Å². The smallest absolute Gasteiger partial charge is 0.339 e. The molecule has 0 aliphatic carbocycles. The summed E-state index contributed by atoms with van der Waals surface area (Å²) < 4.78 is 31.2. The fraction of sp³-hybridized carbons (Fsp3) is 0. The number of amides is 1. The lowest BCUT2D eigenvalue weighted by Gasteiger charge is -2.08. The van der Waals surface area contributed by atoms with Crippen LogP contribution in [0.25, 0.3) is 10.8 Å². The minimum absolute atomic E-state index is 0.0802. The second-order valence-electron chi connectivity index (χ2n) is 6.79. The average molecular weight is 509 g/mol. The zero-order chi connectivity index (χ0) is 22.6. The molecule has 0 atom stereocenters. The van der Waals surface area contributed by atoms with Gasteiger partial charge in [-0.3, -0.25) is 4.79 Å². The van der Waals surface area contributed by atoms with Crippen LogP contribution in [-0.2, 0) is 10.1 Å². The van der Waals surface area contributed by atoms with Gasteiger partial charge in [0, 0.05) is 4.47 Å². The van der Waals surface area contributed by atoms with E-state index in [0.29, 0.717) is 15.6 Å². The zero-order valence-electron chi connectivity index (χ0n) is 16.6. The Morgan fingerprint density at radius 3 is 2.31 bits per heavy atom. The third-order valence-corrected chi connectivity index (χ3v) is 6.53. The Hall–Kier alpha value is -3.49. The van der Waals surface area contributed by atoms with Gasteiger partial charge in [0.05, 0.1) is 11.8 Å². The lowest BCUT2D eigenvalue weighted by atomic mass is 10.1. The number of rotatable bonds is 6. The molecule has 0 radical (unpaired) electrons. The lowest BCUT2D eigenvalue weighted by molar-refractivity contribution is 0.0954. The summed E-state index contributed by atoms with van der Waals surface area (Å²) in [5, 5.41) is 5.69. The third-order valence-electron chi connectivity index (χ3n) is 4.59. The Kier molecular flexibility index (Phi) is 6.34. The third kappa shape index (κ3) is 5.04. The molecule has 0 bridgehead atoms. The normalized spacial score (nSPS) is 11.5. The van der Waals surface area contributed by atoms with Crippen molar-refractivity contribution in [3.8, 4) is 5.75 Å². The summed E-state index contributed by atoms with van der Waals surface area (Å²) in [6, 6.07) is 25.7. The number of hydrogen-bond acceptors (Lipinski definition) is 5. The van der Waals surface area contributed by atoms with Gasteiger partial charge in [-0.1, -0.05) is 42.5 Å². The summed E-state index contributed by atoms with van der Waals surface area (Å²) in [6.45, 7) is 0. The second-order valence-corrected chi connectivity index (χ2v) is 9.20. The number of hydrogen-bond donors (Lipinski definition) is 1. The summed E-state index contributed by atoms with van der Waals surface area (Å²) in [6.07, 6.45) is 1.45. The highest BCUT2D eigenvalue weighted by Gasteiger charge is 2.17. The highest BCUT2D eigenvalue weighted by molar-refractivity contribution is 9.10. The van der Waals surface area contributed by atoms with Crippen LogP contribution < -0.4 is 9.61 Å². The van der Waals surface area contributed by atoms with Crippen molar-refractivity contribution < 1.29 is 17.4 Å². The van der Waals surface area contributed by atoms with Crippen molar-refractivity contribution in [2.75, 3.05) is 0 Å². The Morgan fingerprint density at radius 1 is 0.875 bits per heavy atom. The molecule has 160 valence electrons. The van der Waals surface area contributed by atoms with Crippen LogP contribution in [0.3, 0.4) is 0 Å². The van der Waals surface area contributed by atoms with E-state index in [0.717, 1.165) is 10.8 Å². The van der Waals surface area contributed by atoms with E-state index in [4.69, 9.17) is 4.18 Å². The number of benzene rings is 4. The first-order valence-corrected chi connectivity index (χ1v) is 11.7. The van der Waals surface area contributed by atoms with Gasteiger partial charge in [0.25, 0.3) is 5.91 Å². The van der Waals surface area contributed by atoms with E-state index in [1.165, 1.54) is 24.4 Å². The van der Waals surface area contributed by atoms with Crippen LogP contribution in [0.15, 0.2) is 105 Å². The molecule has 4 aromatic rings. The molecule has 0 saturated carbocycles. The second kappa shape index (κ2) is 9.33. The van der Waals surface area contributed by atoms with Crippen molar-refractivity contribution >= 4 is 48.9 Å². The molecular weight excluding hydrogens is 492 g/mol. The van der Waals surface area contributed by atoms with Crippen LogP contribution in [-0.4, -0.2) is 20.5 Å². The molecule has 0 unspecified atom stereocenters. The molecule has 0 spiro atoms. The maximum Gasteiger partial charge on any atom is 0.339 e. The standard InChI is InChI=1S/C24H17BrN2O4S/c25-23-8-4-3-7-22(23)24(28)27-26-16-17-9-12-20(13-10-17)31-32(29,30)21-14-11-18-5-1-2-6-19(18)15-21/h1-16H,(H,27,28)/b26-16+. The van der Waals surface area contributed by atoms with Gasteiger partial charge in [-0.25, -0.2) is 5.43 Å². The maximum atomic E-state index is 12.6. The van der Waals surface area contributed by atoms with E-state index in [1.807, 2.05) is 30.3 Å². The first kappa shape index (κ1) is 21.7. The van der Waals surface area contributed by atoms with Crippen molar-refractivity contribution in [2.45, 2.75) is 4.90 Å². The van der Waals surface area contributed by atoms with E-state index in [1.54, 1.807) is 42.5 Å². The molecular formula is C24H17BrN2O4S. The van der Waals surface area contributed by atoms with Crippen molar-refractivity contribution in [2.24, 2.45) is 5.10 Å². The Bertz CT molecular complexity index is 1420. The fourth-order valence-electron chi connectivity index (χ4n) is 2.98. The predicted molar refractivity (Wildman–Crippen MR) is 127 cm³/mol. The van der Waals surface area contributed by atoms with E-state index in [2.05, 4.69) is 26.5 Å². The van der Waals surface area contributed by atoms with Crippen LogP contribution >= 0.6 is 15.9 Å². The lowest BCUT2D eigenvalue weighted by Crippen LogP contribution is -2.18. The molecule has 0 heterocycles. The van der Waals surface area contributed by atoms with E-state index in [-0.39, 0.29) is 16.6 Å². The number of nitrogens with zero attached hydrogens (tertiary/aromatic N) is 1. The van der Waals surface area contributed by atoms with Crippen molar-refractivity contribution in [3.05, 3.63) is 107 Å². The van der Waals surface area contributed by atoms with Crippen LogP contribution in [0.5, 0.6) is 5.75 Å². The molecule has 1 amide bonds. The van der Waals surface area contributed by atoms with Gasteiger partial charge in [-0.05, 0) is 80.8 Å². The molecule has 32 heavy (non-hydrogen) atoms. The summed E-state index contributed by atoms with van der Waals surface area (Å²) >= 11 is 3.32. The first-order valence-electron chi connectivity index (χ1n) is 9.54. The number of halogens is 1. The number of carbonyl (C=O) groups is 1. The zero-order valence-corrected chi connectivity index (χ0v) is 19.0. The minimum Gasteiger partial charge on any atom is -0.379 e. The van der Waals surface area contributed by atoms with Gasteiger partial charge < -0.3 is 4.18 Å². The highest BCUT2D eigenvalue weighted by Crippen LogP contribution is 2.23. The largest absolute Gasteiger partial charge is 0.379 e. The molecule has 0 aromatic heterocycles. The molecule has 1 N–H and O–H groups in total. The van der Waals surface area contributed by atoms with E-state index >= 15 is 0 Å². The molecule has 4 aromatic carbocycles. The number of fused-ring (bicyclic) bond motifs is 1. The summed E-state index contributed by atoms with van der Waals surface area (Å²) in [7, 11) is -3.98. The monoisotopic (exact) mass is 508 g/mol. The van der Waals surface area contributed by atoms with Crippen molar-refractivity contribution in [3.63, 3.8) is 0 Å². The van der Waals surface area contributed by atoms with Gasteiger partial charge in [-0.2, -0.15) is 13.5 Å². The molecule has 0 saturated heterocycles. The molecule has 4 rings (SSSR count). The van der Waals surface area contributed by atoms with Crippen LogP contribution in [0, 0.1) is 0 Å². The SMILES string of the molecule is O=C(N/N=C/c1ccc(OS(=O)(=O)c2ccc3ccccc3c2)cc1)c1ccccc1Br. The molecule has 8 heteroatoms. The van der Waals surface area contributed by atoms with Crippen LogP contribution in [0.1, 0.15) is 15.9 Å². The van der Waals surface area contributed by atoms with E-state index in [9.17, 15) is 13.2 Å². The number of hydrazone groups is 1. The van der Waals surface area contributed by atoms with Gasteiger partial charge in [0.1, 0.15) is 10.6 Å². The van der Waals surface area contributed by atoms with Crippen LogP contribution in [0.4, 0.5) is 0 Å². The van der Waals surface area contributed by atoms with Crippen LogP contribution in [0.2, 0.25) is 0 Å². The molecule has 0 aliphatic heterocycles. The summed E-state index contributed by atoms with van der Waals surface area (Å²) in [5.74, 6) is -0.178. The number of nitrogens with one attached hydrogen (secondary N) is 1. The predicted octanol–water partition coefficient (Wildman–Crippen LogP) is 5.13. The molecule has 6 nitrogen and oxygen atoms in total. The Labute approximate surface area is 193 Å². The Morgan fingerprint density at radius 2 is 1.56 bits per heavy atom. The van der Waals surface area contributed by atoms with Gasteiger partial charge in [0.2, 0.25) is 0 Å². The maximum absolute atomic E-state index is 12.6. The van der Waals surface area contributed by atoms with Gasteiger partial charge >= 0.3 is 10.1 Å². The Balaban J connectivity index is 1.42. The number of carbonyl (C=O) groups excluding carboxylic acids is 1.